The molecule has 150 valence electrons. The average Bonchev–Trinajstić information content (AvgIpc) is 3.19. The van der Waals surface area contributed by atoms with E-state index in [2.05, 4.69) is 15.3 Å². The summed E-state index contributed by atoms with van der Waals surface area (Å²) < 4.78 is 45.2. The number of hydrogen-bond acceptors (Lipinski definition) is 5. The smallest absolute Gasteiger partial charge is 0.376 e. The molecule has 2 heterocycles. The monoisotopic (exact) mass is 411 g/mol. The molecular weight excluding hydrogens is 391 g/mol. The van der Waals surface area contributed by atoms with E-state index in [1.54, 1.807) is 37.3 Å². The summed E-state index contributed by atoms with van der Waals surface area (Å²) in [6, 6.07) is 9.48. The second-order valence-corrected chi connectivity index (χ2v) is 7.73. The van der Waals surface area contributed by atoms with Gasteiger partial charge in [-0.2, -0.15) is 13.2 Å². The van der Waals surface area contributed by atoms with Crippen LogP contribution in [0.3, 0.4) is 0 Å². The molecule has 1 aromatic heterocycles. The van der Waals surface area contributed by atoms with Crippen LogP contribution in [0.1, 0.15) is 25.5 Å². The van der Waals surface area contributed by atoms with Crippen molar-refractivity contribution in [3.8, 4) is 11.3 Å². The molecule has 1 fully saturated rings. The van der Waals surface area contributed by atoms with Gasteiger partial charge in [-0.1, -0.05) is 42.1 Å². The Bertz CT molecular complexity index is 812. The van der Waals surface area contributed by atoms with Gasteiger partial charge in [-0.25, -0.2) is 9.97 Å². The molecule has 0 unspecified atom stereocenters. The Labute approximate surface area is 165 Å². The first-order valence-corrected chi connectivity index (χ1v) is 9.78. The summed E-state index contributed by atoms with van der Waals surface area (Å²) >= 11 is 0.898. The van der Waals surface area contributed by atoms with Crippen LogP contribution in [0.25, 0.3) is 11.3 Å². The molecular formula is C19H20F3N3O2S. The van der Waals surface area contributed by atoms with E-state index in [0.29, 0.717) is 18.7 Å². The molecule has 0 radical (unpaired) electrons. The maximum Gasteiger partial charge on any atom is 0.433 e. The van der Waals surface area contributed by atoms with E-state index >= 15 is 0 Å². The summed E-state index contributed by atoms with van der Waals surface area (Å²) in [7, 11) is 0. The van der Waals surface area contributed by atoms with Crippen LogP contribution in [0, 0.1) is 0 Å². The molecule has 0 aliphatic carbocycles. The van der Waals surface area contributed by atoms with Crippen molar-refractivity contribution in [3.63, 3.8) is 0 Å². The number of rotatable bonds is 6. The van der Waals surface area contributed by atoms with Crippen molar-refractivity contribution in [3.05, 3.63) is 42.1 Å². The lowest BCUT2D eigenvalue weighted by Gasteiger charge is -2.15. The molecule has 1 aliphatic heterocycles. The Kier molecular flexibility index (Phi) is 6.56. The zero-order valence-corrected chi connectivity index (χ0v) is 16.0. The van der Waals surface area contributed by atoms with E-state index in [0.717, 1.165) is 30.7 Å². The predicted octanol–water partition coefficient (Wildman–Crippen LogP) is 3.94. The van der Waals surface area contributed by atoms with Gasteiger partial charge in [-0.15, -0.1) is 0 Å². The van der Waals surface area contributed by atoms with E-state index in [1.807, 2.05) is 0 Å². The molecule has 3 rings (SSSR count). The molecule has 9 heteroatoms. The van der Waals surface area contributed by atoms with E-state index in [4.69, 9.17) is 4.74 Å². The lowest BCUT2D eigenvalue weighted by Crippen LogP contribution is -2.36. The Hall–Kier alpha value is -2.13. The third-order valence-corrected chi connectivity index (χ3v) is 5.21. The zero-order valence-electron chi connectivity index (χ0n) is 15.2. The van der Waals surface area contributed by atoms with Crippen molar-refractivity contribution < 1.29 is 22.7 Å². The van der Waals surface area contributed by atoms with Gasteiger partial charge in [0.1, 0.15) is 5.69 Å². The molecule has 5 nitrogen and oxygen atoms in total. The molecule has 28 heavy (non-hydrogen) atoms. The summed E-state index contributed by atoms with van der Waals surface area (Å²) in [5.74, 6) is -0.289. The highest BCUT2D eigenvalue weighted by atomic mass is 32.2. The predicted molar refractivity (Wildman–Crippen MR) is 99.8 cm³/mol. The van der Waals surface area contributed by atoms with Crippen LogP contribution in [0.5, 0.6) is 0 Å². The first kappa shape index (κ1) is 20.6. The number of thioether (sulfide) groups is 1. The number of benzene rings is 1. The zero-order chi connectivity index (χ0) is 20.1. The number of ether oxygens (including phenoxy) is 1. The number of nitrogens with one attached hydrogen (secondary N) is 1. The summed E-state index contributed by atoms with van der Waals surface area (Å²) in [4.78, 5) is 20.1. The van der Waals surface area contributed by atoms with E-state index in [-0.39, 0.29) is 22.9 Å². The number of halogens is 3. The van der Waals surface area contributed by atoms with Crippen molar-refractivity contribution in [1.29, 1.82) is 0 Å². The fourth-order valence-corrected chi connectivity index (χ4v) is 3.56. The Morgan fingerprint density at radius 1 is 1.32 bits per heavy atom. The third-order valence-electron chi connectivity index (χ3n) is 4.24. The van der Waals surface area contributed by atoms with E-state index in [1.165, 1.54) is 0 Å². The highest BCUT2D eigenvalue weighted by Gasteiger charge is 2.34. The lowest BCUT2D eigenvalue weighted by atomic mass is 10.1. The molecule has 0 saturated carbocycles. The number of nitrogens with zero attached hydrogens (tertiary/aromatic N) is 2. The highest BCUT2D eigenvalue weighted by Crippen LogP contribution is 2.32. The Balaban J connectivity index is 1.75. The molecule has 1 N–H and O–H groups in total. The van der Waals surface area contributed by atoms with Gasteiger partial charge in [0.2, 0.25) is 5.91 Å². The lowest BCUT2D eigenvalue weighted by molar-refractivity contribution is -0.141. The third kappa shape index (κ3) is 5.45. The first-order valence-electron chi connectivity index (χ1n) is 8.90. The van der Waals surface area contributed by atoms with Gasteiger partial charge in [0.25, 0.3) is 0 Å². The minimum Gasteiger partial charge on any atom is -0.376 e. The fraction of sp³-hybridized carbons (Fsp3) is 0.421. The number of carbonyl (C=O) groups is 1. The number of hydrogen-bond donors (Lipinski definition) is 1. The number of amides is 1. The number of carbonyl (C=O) groups excluding carboxylic acids is 1. The molecule has 2 atom stereocenters. The van der Waals surface area contributed by atoms with Gasteiger partial charge in [0, 0.05) is 18.7 Å². The Morgan fingerprint density at radius 3 is 2.71 bits per heavy atom. The SMILES string of the molecule is C[C@H](Sc1nc(-c2ccccc2)cc(C(F)(F)F)n1)C(=O)NC[C@@H]1CCCO1. The van der Waals surface area contributed by atoms with Crippen LogP contribution in [0.4, 0.5) is 13.2 Å². The summed E-state index contributed by atoms with van der Waals surface area (Å²) in [5, 5.41) is 2.04. The Morgan fingerprint density at radius 2 is 2.07 bits per heavy atom. The van der Waals surface area contributed by atoms with Gasteiger partial charge in [-0.3, -0.25) is 4.79 Å². The van der Waals surface area contributed by atoms with Crippen LogP contribution in [0.15, 0.2) is 41.6 Å². The maximum atomic E-state index is 13.3. The largest absolute Gasteiger partial charge is 0.433 e. The second kappa shape index (κ2) is 8.91. The quantitative estimate of drug-likeness (QED) is 0.576. The first-order chi connectivity index (χ1) is 13.3. The van der Waals surface area contributed by atoms with Gasteiger partial charge < -0.3 is 10.1 Å². The normalized spacial score (nSPS) is 18.1. The van der Waals surface area contributed by atoms with Crippen LogP contribution < -0.4 is 5.32 Å². The van der Waals surface area contributed by atoms with Crippen molar-refractivity contribution in [2.45, 2.75) is 42.5 Å². The van der Waals surface area contributed by atoms with Crippen molar-refractivity contribution in [1.82, 2.24) is 15.3 Å². The second-order valence-electron chi connectivity index (χ2n) is 6.43. The number of aromatic nitrogens is 2. The topological polar surface area (TPSA) is 64.1 Å². The molecule has 1 saturated heterocycles. The minimum atomic E-state index is -4.60. The standard InChI is InChI=1S/C19H20F3N3O2S/c1-12(17(26)23-11-14-8-5-9-27-14)28-18-24-15(13-6-3-2-4-7-13)10-16(25-18)19(20,21)22/h2-4,6-7,10,12,14H,5,8-9,11H2,1H3,(H,23,26)/t12-,14-/m0/s1. The highest BCUT2D eigenvalue weighted by molar-refractivity contribution is 8.00. The average molecular weight is 411 g/mol. The summed E-state index contributed by atoms with van der Waals surface area (Å²) in [5.41, 5.74) is -0.319. The van der Waals surface area contributed by atoms with Crippen LogP contribution in [0.2, 0.25) is 0 Å². The molecule has 0 bridgehead atoms. The van der Waals surface area contributed by atoms with Crippen molar-refractivity contribution in [2.75, 3.05) is 13.2 Å². The molecule has 0 spiro atoms. The number of alkyl halides is 3. The summed E-state index contributed by atoms with van der Waals surface area (Å²) in [6.07, 6.45) is -2.76. The molecule has 1 aliphatic rings. The fourth-order valence-electron chi connectivity index (χ4n) is 2.75. The van der Waals surface area contributed by atoms with Gasteiger partial charge in [-0.05, 0) is 25.8 Å². The van der Waals surface area contributed by atoms with Crippen LogP contribution >= 0.6 is 11.8 Å². The molecule has 1 amide bonds. The van der Waals surface area contributed by atoms with E-state index in [9.17, 15) is 18.0 Å². The van der Waals surface area contributed by atoms with Crippen LogP contribution in [-0.2, 0) is 15.7 Å². The minimum absolute atomic E-state index is 0.00404. The van der Waals surface area contributed by atoms with Gasteiger partial charge in [0.15, 0.2) is 5.16 Å². The maximum absolute atomic E-state index is 13.3. The molecule has 1 aromatic carbocycles. The molecule has 2 aromatic rings. The van der Waals surface area contributed by atoms with Crippen LogP contribution in [-0.4, -0.2) is 40.4 Å². The van der Waals surface area contributed by atoms with Gasteiger partial charge in [0.05, 0.1) is 17.0 Å². The van der Waals surface area contributed by atoms with Crippen molar-refractivity contribution in [2.24, 2.45) is 0 Å². The van der Waals surface area contributed by atoms with E-state index < -0.39 is 17.1 Å². The summed E-state index contributed by atoms with van der Waals surface area (Å²) in [6.45, 7) is 2.69. The van der Waals surface area contributed by atoms with Crippen molar-refractivity contribution >= 4 is 17.7 Å². The van der Waals surface area contributed by atoms with Gasteiger partial charge >= 0.3 is 6.18 Å².